The molecule has 3 aromatic carbocycles. The Morgan fingerprint density at radius 2 is 1.85 bits per heavy atom. The summed E-state index contributed by atoms with van der Waals surface area (Å²) in [6.07, 6.45) is 1.78. The Morgan fingerprint density at radius 1 is 1.12 bits per heavy atom. The van der Waals surface area contributed by atoms with E-state index in [0.29, 0.717) is 37.8 Å². The minimum absolute atomic E-state index is 0.144. The number of ether oxygens (including phenoxy) is 4. The van der Waals surface area contributed by atoms with Crippen molar-refractivity contribution in [3.05, 3.63) is 113 Å². The molecule has 4 aromatic rings. The van der Waals surface area contributed by atoms with E-state index in [1.165, 1.54) is 11.3 Å². The molecule has 1 atom stereocenters. The third-order valence-electron chi connectivity index (χ3n) is 6.59. The van der Waals surface area contributed by atoms with E-state index in [-0.39, 0.29) is 24.5 Å². The highest BCUT2D eigenvalue weighted by molar-refractivity contribution is 9.10. The Morgan fingerprint density at radius 3 is 2.60 bits per heavy atom. The molecular formula is C30H23BrN2O6S. The number of methoxy groups -OCH3 is 1. The minimum atomic E-state index is -0.830. The molecule has 1 aromatic heterocycles. The highest BCUT2D eigenvalue weighted by Crippen LogP contribution is 2.39. The molecule has 0 unspecified atom stereocenters. The van der Waals surface area contributed by atoms with E-state index in [1.807, 2.05) is 60.7 Å². The van der Waals surface area contributed by atoms with Crippen molar-refractivity contribution in [1.29, 1.82) is 0 Å². The molecule has 3 heterocycles. The zero-order valence-corrected chi connectivity index (χ0v) is 24.0. The van der Waals surface area contributed by atoms with Gasteiger partial charge in [0.2, 0.25) is 6.79 Å². The Labute approximate surface area is 241 Å². The summed E-state index contributed by atoms with van der Waals surface area (Å²) >= 11 is 4.82. The van der Waals surface area contributed by atoms with Gasteiger partial charge in [-0.25, -0.2) is 9.79 Å². The summed E-state index contributed by atoms with van der Waals surface area (Å²) in [5.41, 5.74) is 2.55. The number of halogens is 1. The summed E-state index contributed by atoms with van der Waals surface area (Å²) in [6, 6.07) is 19.6. The highest BCUT2D eigenvalue weighted by Gasteiger charge is 2.36. The molecular weight excluding hydrogens is 596 g/mol. The number of benzene rings is 3. The van der Waals surface area contributed by atoms with Crippen molar-refractivity contribution in [3.8, 4) is 17.2 Å². The van der Waals surface area contributed by atoms with E-state index in [0.717, 1.165) is 15.6 Å². The lowest BCUT2D eigenvalue weighted by molar-refractivity contribution is -0.138. The van der Waals surface area contributed by atoms with Gasteiger partial charge in [0.05, 0.1) is 29.5 Å². The first-order chi connectivity index (χ1) is 19.5. The van der Waals surface area contributed by atoms with Crippen molar-refractivity contribution in [2.75, 3.05) is 20.5 Å². The number of carbonyl (C=O) groups is 1. The largest absolute Gasteiger partial charge is 0.496 e. The molecule has 0 fully saturated rings. The first-order valence-corrected chi connectivity index (χ1v) is 14.1. The molecule has 202 valence electrons. The number of fused-ring (bicyclic) bond motifs is 2. The normalized spacial score (nSPS) is 16.0. The summed E-state index contributed by atoms with van der Waals surface area (Å²) in [6.45, 7) is 2.06. The summed E-state index contributed by atoms with van der Waals surface area (Å²) in [5, 5.41) is 0. The van der Waals surface area contributed by atoms with E-state index < -0.39 is 12.0 Å². The minimum Gasteiger partial charge on any atom is -0.496 e. The molecule has 0 amide bonds. The maximum atomic E-state index is 14.1. The standard InChI is InChI=1S/C30H23BrN2O6S/c1-3-37-29(35)25-26(17-9-5-4-6-10-17)32-30-33(27(25)19-11-7-8-12-21(19)36-2)28(34)24(40-30)14-18-13-22-23(15-20(18)31)39-16-38-22/h4-15,27H,3,16H2,1-2H3/b24-14-/t27-/m1/s1. The van der Waals surface area contributed by atoms with Crippen LogP contribution in [0.3, 0.4) is 0 Å². The number of rotatable bonds is 6. The number of hydrogen-bond donors (Lipinski definition) is 0. The first-order valence-electron chi connectivity index (χ1n) is 12.5. The lowest BCUT2D eigenvalue weighted by Gasteiger charge is -2.27. The van der Waals surface area contributed by atoms with Crippen molar-refractivity contribution in [3.63, 3.8) is 0 Å². The van der Waals surface area contributed by atoms with Crippen LogP contribution in [0.5, 0.6) is 17.2 Å². The van der Waals surface area contributed by atoms with Crippen molar-refractivity contribution >= 4 is 45.0 Å². The summed E-state index contributed by atoms with van der Waals surface area (Å²) in [5.74, 6) is 1.23. The number of carbonyl (C=O) groups excluding carboxylic acids is 1. The third kappa shape index (κ3) is 4.52. The molecule has 6 rings (SSSR count). The number of esters is 1. The SMILES string of the molecule is CCOC(=O)C1=C(c2ccccc2)N=c2s/c(=C\c3cc4c(cc3Br)OCO4)c(=O)n2[C@@H]1c1ccccc1OC. The predicted octanol–water partition coefficient (Wildman–Crippen LogP) is 4.44. The first kappa shape index (κ1) is 26.1. The second-order valence-corrected chi connectivity index (χ2v) is 10.8. The molecule has 40 heavy (non-hydrogen) atoms. The molecule has 0 saturated heterocycles. The second kappa shape index (κ2) is 10.8. The van der Waals surface area contributed by atoms with Crippen LogP contribution in [-0.4, -0.2) is 31.0 Å². The maximum absolute atomic E-state index is 14.1. The van der Waals surface area contributed by atoms with Crippen molar-refractivity contribution in [2.45, 2.75) is 13.0 Å². The second-order valence-electron chi connectivity index (χ2n) is 8.90. The predicted molar refractivity (Wildman–Crippen MR) is 154 cm³/mol. The number of hydrogen-bond acceptors (Lipinski definition) is 8. The summed E-state index contributed by atoms with van der Waals surface area (Å²) in [4.78, 5) is 33.0. The average Bonchev–Trinajstić information content (AvgIpc) is 3.56. The van der Waals surface area contributed by atoms with Crippen LogP contribution in [0.1, 0.15) is 29.7 Å². The van der Waals surface area contributed by atoms with Crippen LogP contribution in [0.25, 0.3) is 11.8 Å². The molecule has 10 heteroatoms. The van der Waals surface area contributed by atoms with Gasteiger partial charge in [0.15, 0.2) is 16.3 Å². The van der Waals surface area contributed by atoms with Crippen LogP contribution < -0.4 is 29.1 Å². The smallest absolute Gasteiger partial charge is 0.338 e. The molecule has 0 bridgehead atoms. The quantitative estimate of drug-likeness (QED) is 0.297. The van der Waals surface area contributed by atoms with Gasteiger partial charge in [0, 0.05) is 15.6 Å². The van der Waals surface area contributed by atoms with Gasteiger partial charge in [0.1, 0.15) is 11.8 Å². The topological polar surface area (TPSA) is 88.4 Å². The average molecular weight is 619 g/mol. The zero-order chi connectivity index (χ0) is 27.8. The molecule has 0 spiro atoms. The van der Waals surface area contributed by atoms with Crippen LogP contribution in [0.2, 0.25) is 0 Å². The molecule has 2 aliphatic heterocycles. The number of nitrogens with zero attached hydrogens (tertiary/aromatic N) is 2. The fourth-order valence-corrected chi connectivity index (χ4v) is 6.24. The summed E-state index contributed by atoms with van der Waals surface area (Å²) < 4.78 is 25.0. The lowest BCUT2D eigenvalue weighted by atomic mass is 9.92. The van der Waals surface area contributed by atoms with Crippen LogP contribution in [-0.2, 0) is 9.53 Å². The Kier molecular flexibility index (Phi) is 7.03. The van der Waals surface area contributed by atoms with Crippen LogP contribution >= 0.6 is 27.3 Å². The Balaban J connectivity index is 1.65. The highest BCUT2D eigenvalue weighted by atomic mass is 79.9. The van der Waals surface area contributed by atoms with Crippen molar-refractivity contribution in [2.24, 2.45) is 4.99 Å². The van der Waals surface area contributed by atoms with Gasteiger partial charge in [-0.3, -0.25) is 9.36 Å². The Bertz CT molecular complexity index is 1840. The van der Waals surface area contributed by atoms with E-state index in [1.54, 1.807) is 30.7 Å². The van der Waals surface area contributed by atoms with E-state index in [2.05, 4.69) is 15.9 Å². The monoisotopic (exact) mass is 618 g/mol. The number of thiazole rings is 1. The van der Waals surface area contributed by atoms with E-state index in [9.17, 15) is 9.59 Å². The van der Waals surface area contributed by atoms with Gasteiger partial charge in [0.25, 0.3) is 5.56 Å². The number of para-hydroxylation sites is 1. The van der Waals surface area contributed by atoms with Crippen LogP contribution in [0.15, 0.2) is 86.6 Å². The third-order valence-corrected chi connectivity index (χ3v) is 8.26. The van der Waals surface area contributed by atoms with Gasteiger partial charge in [-0.1, -0.05) is 75.8 Å². The molecule has 0 aliphatic carbocycles. The molecule has 0 N–H and O–H groups in total. The van der Waals surface area contributed by atoms with Crippen LogP contribution in [0.4, 0.5) is 0 Å². The van der Waals surface area contributed by atoms with Gasteiger partial charge in [-0.2, -0.15) is 0 Å². The van der Waals surface area contributed by atoms with Gasteiger partial charge >= 0.3 is 5.97 Å². The van der Waals surface area contributed by atoms with Gasteiger partial charge in [-0.15, -0.1) is 0 Å². The Hall–Kier alpha value is -4.15. The fraction of sp³-hybridized carbons (Fsp3) is 0.167. The lowest BCUT2D eigenvalue weighted by Crippen LogP contribution is -2.40. The molecule has 0 radical (unpaired) electrons. The fourth-order valence-electron chi connectivity index (χ4n) is 4.81. The summed E-state index contributed by atoms with van der Waals surface area (Å²) in [7, 11) is 1.56. The van der Waals surface area contributed by atoms with Crippen molar-refractivity contribution < 1.29 is 23.7 Å². The van der Waals surface area contributed by atoms with Gasteiger partial charge in [-0.05, 0) is 36.8 Å². The molecule has 8 nitrogen and oxygen atoms in total. The van der Waals surface area contributed by atoms with E-state index in [4.69, 9.17) is 23.9 Å². The van der Waals surface area contributed by atoms with E-state index >= 15 is 0 Å². The van der Waals surface area contributed by atoms with Crippen molar-refractivity contribution in [1.82, 2.24) is 4.57 Å². The maximum Gasteiger partial charge on any atom is 0.338 e. The zero-order valence-electron chi connectivity index (χ0n) is 21.5. The van der Waals surface area contributed by atoms with Gasteiger partial charge < -0.3 is 18.9 Å². The number of aromatic nitrogens is 1. The molecule has 2 aliphatic rings. The van der Waals surface area contributed by atoms with Crippen LogP contribution in [0, 0.1) is 0 Å². The molecule has 0 saturated carbocycles.